The Labute approximate surface area is 165 Å². The molecule has 0 amide bonds. The number of aromatic nitrogens is 2. The monoisotopic (exact) mass is 404 g/mol. The van der Waals surface area contributed by atoms with Gasteiger partial charge in [0.2, 0.25) is 5.89 Å². The first-order valence-electron chi connectivity index (χ1n) is 8.19. The highest BCUT2D eigenvalue weighted by Crippen LogP contribution is 2.26. The van der Waals surface area contributed by atoms with Crippen LogP contribution in [0.5, 0.6) is 5.75 Å². The van der Waals surface area contributed by atoms with Crippen LogP contribution in [0.25, 0.3) is 0 Å². The van der Waals surface area contributed by atoms with Crippen molar-refractivity contribution < 1.29 is 18.8 Å². The fraction of sp³-hybridized carbons (Fsp3) is 0.211. The Morgan fingerprint density at radius 1 is 1.15 bits per heavy atom. The number of ether oxygens (including phenoxy) is 2. The second kappa shape index (κ2) is 9.43. The third-order valence-electron chi connectivity index (χ3n) is 3.44. The van der Waals surface area contributed by atoms with Crippen molar-refractivity contribution in [2.75, 3.05) is 13.2 Å². The SMILES string of the molecule is Cc1noc(CSc2ccccc2C(=O)OCCOc2ccccc2Cl)n1. The van der Waals surface area contributed by atoms with E-state index in [2.05, 4.69) is 10.1 Å². The Balaban J connectivity index is 1.52. The first kappa shape index (κ1) is 19.3. The van der Waals surface area contributed by atoms with Gasteiger partial charge in [-0.2, -0.15) is 4.98 Å². The highest BCUT2D eigenvalue weighted by Gasteiger charge is 2.14. The third kappa shape index (κ3) is 5.48. The van der Waals surface area contributed by atoms with Crippen LogP contribution in [0.4, 0.5) is 0 Å². The number of hydrogen-bond acceptors (Lipinski definition) is 7. The molecule has 0 atom stereocenters. The first-order valence-corrected chi connectivity index (χ1v) is 9.55. The molecule has 6 nitrogen and oxygen atoms in total. The summed E-state index contributed by atoms with van der Waals surface area (Å²) in [6, 6.07) is 14.4. The highest BCUT2D eigenvalue weighted by molar-refractivity contribution is 7.98. The molecule has 0 aliphatic rings. The molecule has 27 heavy (non-hydrogen) atoms. The lowest BCUT2D eigenvalue weighted by molar-refractivity contribution is 0.0446. The number of carbonyl (C=O) groups excluding carboxylic acids is 1. The number of nitrogens with zero attached hydrogens (tertiary/aromatic N) is 2. The maximum atomic E-state index is 12.4. The topological polar surface area (TPSA) is 74.5 Å². The maximum absolute atomic E-state index is 12.4. The van der Waals surface area contributed by atoms with Gasteiger partial charge in [0.05, 0.1) is 16.3 Å². The first-order chi connectivity index (χ1) is 13.1. The normalized spacial score (nSPS) is 10.6. The number of hydrogen-bond donors (Lipinski definition) is 0. The number of esters is 1. The average molecular weight is 405 g/mol. The molecule has 0 fully saturated rings. The van der Waals surface area contributed by atoms with Gasteiger partial charge in [0.1, 0.15) is 19.0 Å². The Morgan fingerprint density at radius 2 is 1.93 bits per heavy atom. The van der Waals surface area contributed by atoms with Gasteiger partial charge < -0.3 is 14.0 Å². The molecule has 0 spiro atoms. The van der Waals surface area contributed by atoms with E-state index in [9.17, 15) is 4.79 Å². The van der Waals surface area contributed by atoms with E-state index in [0.717, 1.165) is 4.90 Å². The summed E-state index contributed by atoms with van der Waals surface area (Å²) in [6.07, 6.45) is 0. The van der Waals surface area contributed by atoms with Gasteiger partial charge in [-0.15, -0.1) is 11.8 Å². The number of carbonyl (C=O) groups is 1. The van der Waals surface area contributed by atoms with Gasteiger partial charge in [-0.3, -0.25) is 0 Å². The van der Waals surface area contributed by atoms with Crippen LogP contribution in [0.3, 0.4) is 0 Å². The summed E-state index contributed by atoms with van der Waals surface area (Å²) >= 11 is 7.45. The van der Waals surface area contributed by atoms with Crippen LogP contribution < -0.4 is 4.74 Å². The fourth-order valence-electron chi connectivity index (χ4n) is 2.22. The summed E-state index contributed by atoms with van der Waals surface area (Å²) in [5.41, 5.74) is 0.483. The van der Waals surface area contributed by atoms with Crippen LogP contribution >= 0.6 is 23.4 Å². The minimum atomic E-state index is -0.414. The quantitative estimate of drug-likeness (QED) is 0.309. The Hall–Kier alpha value is -2.51. The predicted octanol–water partition coefficient (Wildman–Crippen LogP) is 4.56. The summed E-state index contributed by atoms with van der Waals surface area (Å²) in [5.74, 6) is 1.70. The molecule has 0 aliphatic carbocycles. The van der Waals surface area contributed by atoms with Crippen LogP contribution in [0, 0.1) is 6.92 Å². The van der Waals surface area contributed by atoms with E-state index in [1.54, 1.807) is 31.2 Å². The predicted molar refractivity (Wildman–Crippen MR) is 102 cm³/mol. The molecule has 2 aromatic carbocycles. The fourth-order valence-corrected chi connectivity index (χ4v) is 3.29. The van der Waals surface area contributed by atoms with Gasteiger partial charge in [-0.25, -0.2) is 4.79 Å². The van der Waals surface area contributed by atoms with E-state index in [1.165, 1.54) is 11.8 Å². The van der Waals surface area contributed by atoms with Gasteiger partial charge in [-0.1, -0.05) is 41.0 Å². The summed E-state index contributed by atoms with van der Waals surface area (Å²) in [7, 11) is 0. The van der Waals surface area contributed by atoms with Gasteiger partial charge in [0, 0.05) is 4.90 Å². The molecular formula is C19H17ClN2O4S. The molecule has 140 valence electrons. The van der Waals surface area contributed by atoms with Gasteiger partial charge >= 0.3 is 5.97 Å². The van der Waals surface area contributed by atoms with E-state index in [1.807, 2.05) is 24.3 Å². The van der Waals surface area contributed by atoms with Crippen molar-refractivity contribution in [2.24, 2.45) is 0 Å². The zero-order chi connectivity index (χ0) is 19.1. The van der Waals surface area contributed by atoms with Crippen LogP contribution in [0.15, 0.2) is 57.9 Å². The molecule has 8 heteroatoms. The minimum Gasteiger partial charge on any atom is -0.488 e. The van der Waals surface area contributed by atoms with Gasteiger partial charge in [-0.05, 0) is 31.2 Å². The molecule has 0 saturated carbocycles. The van der Waals surface area contributed by atoms with E-state index in [0.29, 0.717) is 33.8 Å². The minimum absolute atomic E-state index is 0.117. The van der Waals surface area contributed by atoms with Crippen molar-refractivity contribution in [2.45, 2.75) is 17.6 Å². The van der Waals surface area contributed by atoms with Crippen LogP contribution in [-0.4, -0.2) is 29.3 Å². The molecule has 0 bridgehead atoms. The second-order valence-corrected chi connectivity index (χ2v) is 6.86. The molecule has 0 radical (unpaired) electrons. The second-order valence-electron chi connectivity index (χ2n) is 5.43. The lowest BCUT2D eigenvalue weighted by atomic mass is 10.2. The zero-order valence-electron chi connectivity index (χ0n) is 14.6. The molecule has 0 saturated heterocycles. The van der Waals surface area contributed by atoms with Crippen molar-refractivity contribution in [3.8, 4) is 5.75 Å². The molecule has 0 aliphatic heterocycles. The number of thioether (sulfide) groups is 1. The summed E-state index contributed by atoms with van der Waals surface area (Å²) in [6.45, 7) is 2.09. The summed E-state index contributed by atoms with van der Waals surface area (Å²) in [4.78, 5) is 17.3. The van der Waals surface area contributed by atoms with Crippen molar-refractivity contribution in [1.29, 1.82) is 0 Å². The molecular weight excluding hydrogens is 388 g/mol. The summed E-state index contributed by atoms with van der Waals surface area (Å²) < 4.78 is 15.9. The van der Waals surface area contributed by atoms with Gasteiger partial charge in [0.25, 0.3) is 0 Å². The number of aryl methyl sites for hydroxylation is 1. The number of rotatable bonds is 8. The van der Waals surface area contributed by atoms with Crippen LogP contribution in [-0.2, 0) is 10.5 Å². The van der Waals surface area contributed by atoms with E-state index in [4.69, 9.17) is 25.6 Å². The summed E-state index contributed by atoms with van der Waals surface area (Å²) in [5, 5.41) is 4.27. The maximum Gasteiger partial charge on any atom is 0.339 e. The lowest BCUT2D eigenvalue weighted by Crippen LogP contribution is -2.13. The van der Waals surface area contributed by atoms with Gasteiger partial charge in [0.15, 0.2) is 5.82 Å². The molecule has 3 rings (SSSR count). The van der Waals surface area contributed by atoms with Crippen molar-refractivity contribution in [3.05, 3.63) is 70.8 Å². The number of para-hydroxylation sites is 1. The Bertz CT molecular complexity index is 916. The zero-order valence-corrected chi connectivity index (χ0v) is 16.1. The van der Waals surface area contributed by atoms with Crippen molar-refractivity contribution >= 4 is 29.3 Å². The smallest absolute Gasteiger partial charge is 0.339 e. The molecule has 1 aromatic heterocycles. The number of benzene rings is 2. The van der Waals surface area contributed by atoms with E-state index in [-0.39, 0.29) is 13.2 Å². The van der Waals surface area contributed by atoms with Crippen molar-refractivity contribution in [1.82, 2.24) is 10.1 Å². The molecule has 0 N–H and O–H groups in total. The molecule has 1 heterocycles. The van der Waals surface area contributed by atoms with E-state index >= 15 is 0 Å². The average Bonchev–Trinajstić information content (AvgIpc) is 3.10. The van der Waals surface area contributed by atoms with E-state index < -0.39 is 5.97 Å². The van der Waals surface area contributed by atoms with Crippen molar-refractivity contribution in [3.63, 3.8) is 0 Å². The molecule has 0 unspecified atom stereocenters. The Morgan fingerprint density at radius 3 is 2.70 bits per heavy atom. The third-order valence-corrected chi connectivity index (χ3v) is 4.81. The standard InChI is InChI=1S/C19H17ClN2O4S/c1-13-21-18(26-22-13)12-27-17-9-5-2-6-14(17)19(23)25-11-10-24-16-8-4-3-7-15(16)20/h2-9H,10-12H2,1H3. The lowest BCUT2D eigenvalue weighted by Gasteiger charge is -2.10. The molecule has 3 aromatic rings. The Kier molecular flexibility index (Phi) is 6.73. The van der Waals surface area contributed by atoms with Crippen LogP contribution in [0.2, 0.25) is 5.02 Å². The largest absolute Gasteiger partial charge is 0.488 e. The number of halogens is 1. The highest BCUT2D eigenvalue weighted by atomic mass is 35.5. The van der Waals surface area contributed by atoms with Crippen LogP contribution in [0.1, 0.15) is 22.1 Å².